The number of esters is 1. The van der Waals surface area contributed by atoms with Crippen molar-refractivity contribution >= 4 is 34.9 Å². The Morgan fingerprint density at radius 3 is 2.58 bits per heavy atom. The average molecular weight is 305 g/mol. The highest BCUT2D eigenvalue weighted by Crippen LogP contribution is 2.29. The van der Waals surface area contributed by atoms with Crippen LogP contribution in [0.2, 0.25) is 10.0 Å². The summed E-state index contributed by atoms with van der Waals surface area (Å²) in [6.45, 7) is 5.88. The summed E-state index contributed by atoms with van der Waals surface area (Å²) in [5.74, 6) is -0.329. The molecule has 1 rings (SSSR count). The zero-order valence-corrected chi connectivity index (χ0v) is 12.7. The lowest BCUT2D eigenvalue weighted by molar-refractivity contribution is -0.153. The van der Waals surface area contributed by atoms with E-state index in [9.17, 15) is 4.79 Å². The molecule has 0 saturated carbocycles. The van der Waals surface area contributed by atoms with E-state index in [1.807, 2.05) is 20.8 Å². The van der Waals surface area contributed by atoms with Crippen molar-refractivity contribution in [3.8, 4) is 0 Å². The maximum atomic E-state index is 11.5. The van der Waals surface area contributed by atoms with Crippen molar-refractivity contribution in [1.82, 2.24) is 5.32 Å². The number of hydrogen-bond donors (Lipinski definition) is 2. The highest BCUT2D eigenvalue weighted by molar-refractivity contribution is 6.42. The molecular weight excluding hydrogens is 287 g/mol. The van der Waals surface area contributed by atoms with Crippen molar-refractivity contribution in [3.63, 3.8) is 0 Å². The fourth-order valence-electron chi connectivity index (χ4n) is 1.45. The van der Waals surface area contributed by atoms with Gasteiger partial charge in [-0.25, -0.2) is 0 Å². The molecule has 6 heteroatoms. The molecule has 0 aliphatic rings. The van der Waals surface area contributed by atoms with Crippen molar-refractivity contribution in [2.45, 2.75) is 32.9 Å². The van der Waals surface area contributed by atoms with Gasteiger partial charge in [0.1, 0.15) is 5.60 Å². The molecule has 19 heavy (non-hydrogen) atoms. The van der Waals surface area contributed by atoms with Crippen LogP contribution < -0.4 is 11.1 Å². The average Bonchev–Trinajstić information content (AvgIpc) is 2.26. The second kappa shape index (κ2) is 6.46. The number of anilines is 1. The Kier molecular flexibility index (Phi) is 5.47. The lowest BCUT2D eigenvalue weighted by Crippen LogP contribution is -2.31. The van der Waals surface area contributed by atoms with Crippen LogP contribution in [0.5, 0.6) is 0 Å². The second-order valence-corrected chi connectivity index (χ2v) is 5.90. The molecule has 0 bridgehead atoms. The van der Waals surface area contributed by atoms with Crippen LogP contribution in [0.3, 0.4) is 0 Å². The normalized spacial score (nSPS) is 11.4. The number of carbonyl (C=O) groups is 1. The molecule has 1 aromatic carbocycles. The minimum absolute atomic E-state index is 0.0829. The first-order chi connectivity index (χ1) is 8.70. The first-order valence-corrected chi connectivity index (χ1v) is 6.61. The van der Waals surface area contributed by atoms with E-state index < -0.39 is 5.60 Å². The number of rotatable bonds is 4. The van der Waals surface area contributed by atoms with E-state index in [2.05, 4.69) is 5.32 Å². The number of carbonyl (C=O) groups excluding carboxylic acids is 1. The van der Waals surface area contributed by atoms with Crippen molar-refractivity contribution in [1.29, 1.82) is 0 Å². The molecule has 0 amide bonds. The maximum Gasteiger partial charge on any atom is 0.320 e. The lowest BCUT2D eigenvalue weighted by atomic mass is 10.2. The molecule has 3 N–H and O–H groups in total. The largest absolute Gasteiger partial charge is 0.459 e. The summed E-state index contributed by atoms with van der Waals surface area (Å²) < 4.78 is 5.17. The van der Waals surface area contributed by atoms with Crippen LogP contribution in [0.1, 0.15) is 26.3 Å². The molecule has 0 aromatic heterocycles. The summed E-state index contributed by atoms with van der Waals surface area (Å²) in [4.78, 5) is 11.5. The van der Waals surface area contributed by atoms with Gasteiger partial charge in [-0.05, 0) is 32.9 Å². The van der Waals surface area contributed by atoms with Gasteiger partial charge in [-0.3, -0.25) is 4.79 Å². The molecule has 0 spiro atoms. The van der Waals surface area contributed by atoms with Crippen molar-refractivity contribution < 1.29 is 9.53 Å². The van der Waals surface area contributed by atoms with Gasteiger partial charge in [-0.2, -0.15) is 0 Å². The van der Waals surface area contributed by atoms with Gasteiger partial charge in [0.25, 0.3) is 0 Å². The first-order valence-electron chi connectivity index (χ1n) is 5.85. The topological polar surface area (TPSA) is 64.3 Å². The number of nitrogens with two attached hydrogens (primary N) is 1. The third-order valence-corrected chi connectivity index (χ3v) is 3.07. The monoisotopic (exact) mass is 304 g/mol. The van der Waals surface area contributed by atoms with E-state index in [-0.39, 0.29) is 12.5 Å². The molecule has 0 heterocycles. The summed E-state index contributed by atoms with van der Waals surface area (Å²) in [7, 11) is 0. The first kappa shape index (κ1) is 16.1. The van der Waals surface area contributed by atoms with E-state index in [4.69, 9.17) is 33.7 Å². The van der Waals surface area contributed by atoms with Gasteiger partial charge in [0, 0.05) is 17.8 Å². The van der Waals surface area contributed by atoms with Crippen molar-refractivity contribution in [3.05, 3.63) is 27.7 Å². The Balaban J connectivity index is 2.55. The van der Waals surface area contributed by atoms with E-state index in [1.165, 1.54) is 0 Å². The molecule has 4 nitrogen and oxygen atoms in total. The molecule has 0 radical (unpaired) electrons. The molecule has 0 aliphatic heterocycles. The number of halogens is 2. The van der Waals surface area contributed by atoms with Gasteiger partial charge >= 0.3 is 5.97 Å². The molecule has 1 aromatic rings. The van der Waals surface area contributed by atoms with E-state index in [0.29, 0.717) is 27.8 Å². The molecule has 0 aliphatic carbocycles. The zero-order valence-electron chi connectivity index (χ0n) is 11.2. The quantitative estimate of drug-likeness (QED) is 0.663. The van der Waals surface area contributed by atoms with Crippen LogP contribution >= 0.6 is 23.2 Å². The number of hydrogen-bond acceptors (Lipinski definition) is 4. The predicted molar refractivity (Wildman–Crippen MR) is 78.4 cm³/mol. The van der Waals surface area contributed by atoms with Gasteiger partial charge in [0.05, 0.1) is 16.6 Å². The third kappa shape index (κ3) is 5.27. The summed E-state index contributed by atoms with van der Waals surface area (Å²) in [5, 5.41) is 3.77. The fraction of sp³-hybridized carbons (Fsp3) is 0.462. The Hall–Kier alpha value is -0.970. The van der Waals surface area contributed by atoms with Gasteiger partial charge in [0.15, 0.2) is 0 Å². The van der Waals surface area contributed by atoms with Crippen LogP contribution in [0.4, 0.5) is 5.69 Å². The van der Waals surface area contributed by atoms with Crippen LogP contribution in [-0.2, 0) is 16.1 Å². The maximum absolute atomic E-state index is 11.5. The van der Waals surface area contributed by atoms with E-state index in [1.54, 1.807) is 12.1 Å². The Morgan fingerprint density at radius 2 is 2.00 bits per heavy atom. The molecule has 0 fully saturated rings. The second-order valence-electron chi connectivity index (χ2n) is 5.12. The molecule has 106 valence electrons. The Labute approximate surface area is 123 Å². The van der Waals surface area contributed by atoms with Crippen molar-refractivity contribution in [2.75, 3.05) is 12.3 Å². The highest BCUT2D eigenvalue weighted by atomic mass is 35.5. The SMILES string of the molecule is CC(C)(C)OC(=O)CNCc1c(N)ccc(Cl)c1Cl. The van der Waals surface area contributed by atoms with Crippen LogP contribution in [-0.4, -0.2) is 18.1 Å². The predicted octanol–water partition coefficient (Wildman–Crippen LogP) is 3.01. The molecule has 0 saturated heterocycles. The molecule has 0 atom stereocenters. The summed E-state index contributed by atoms with van der Waals surface area (Å²) in [6, 6.07) is 3.31. The molecule has 0 unspecified atom stereocenters. The smallest absolute Gasteiger partial charge is 0.320 e. The number of ether oxygens (including phenoxy) is 1. The van der Waals surface area contributed by atoms with Gasteiger partial charge in [0.2, 0.25) is 0 Å². The van der Waals surface area contributed by atoms with Crippen LogP contribution in [0.15, 0.2) is 12.1 Å². The van der Waals surface area contributed by atoms with E-state index >= 15 is 0 Å². The lowest BCUT2D eigenvalue weighted by Gasteiger charge is -2.19. The third-order valence-electron chi connectivity index (χ3n) is 2.22. The standard InChI is InChI=1S/C13H18Cl2N2O2/c1-13(2,3)19-11(18)7-17-6-8-10(16)5-4-9(14)12(8)15/h4-5,17H,6-7,16H2,1-3H3. The number of nitrogen functional groups attached to an aromatic ring is 1. The Bertz CT molecular complexity index is 470. The van der Waals surface area contributed by atoms with Gasteiger partial charge in [-0.1, -0.05) is 23.2 Å². The minimum atomic E-state index is -0.495. The highest BCUT2D eigenvalue weighted by Gasteiger charge is 2.16. The van der Waals surface area contributed by atoms with Crippen LogP contribution in [0, 0.1) is 0 Å². The fourth-order valence-corrected chi connectivity index (χ4v) is 1.87. The molecular formula is C13H18Cl2N2O2. The van der Waals surface area contributed by atoms with Gasteiger partial charge in [-0.15, -0.1) is 0 Å². The van der Waals surface area contributed by atoms with Crippen LogP contribution in [0.25, 0.3) is 0 Å². The Morgan fingerprint density at radius 1 is 1.37 bits per heavy atom. The zero-order chi connectivity index (χ0) is 14.6. The number of benzene rings is 1. The van der Waals surface area contributed by atoms with Gasteiger partial charge < -0.3 is 15.8 Å². The summed E-state index contributed by atoms with van der Waals surface area (Å²) in [6.07, 6.45) is 0. The van der Waals surface area contributed by atoms with E-state index in [0.717, 1.165) is 0 Å². The minimum Gasteiger partial charge on any atom is -0.459 e. The number of nitrogens with one attached hydrogen (secondary N) is 1. The summed E-state index contributed by atoms with van der Waals surface area (Å²) >= 11 is 12.0. The summed E-state index contributed by atoms with van der Waals surface area (Å²) in [5.41, 5.74) is 6.53. The van der Waals surface area contributed by atoms with Crippen molar-refractivity contribution in [2.24, 2.45) is 0 Å².